The van der Waals surface area contributed by atoms with Gasteiger partial charge in [0.05, 0.1) is 25.4 Å². The molecule has 0 aliphatic carbocycles. The number of benzene rings is 1. The summed E-state index contributed by atoms with van der Waals surface area (Å²) in [5.41, 5.74) is 0.621. The smallest absolute Gasteiger partial charge is 0.153 e. The Bertz CT molecular complexity index is 394. The number of hydrogen-bond acceptors (Lipinski definition) is 4. The van der Waals surface area contributed by atoms with Gasteiger partial charge in [-0.15, -0.1) is 12.4 Å². The molecule has 0 bridgehead atoms. The molecule has 20 heavy (non-hydrogen) atoms. The van der Waals surface area contributed by atoms with E-state index in [1.165, 1.54) is 0 Å². The Morgan fingerprint density at radius 2 is 1.95 bits per heavy atom. The minimum absolute atomic E-state index is 0. The van der Waals surface area contributed by atoms with Crippen molar-refractivity contribution in [2.45, 2.75) is 12.8 Å². The average Bonchev–Trinajstić information content (AvgIpc) is 2.48. The Hall–Kier alpha value is -1.10. The third kappa shape index (κ3) is 5.49. The van der Waals surface area contributed by atoms with Crippen LogP contribution in [-0.4, -0.2) is 50.6 Å². The molecule has 0 unspecified atom stereocenters. The number of rotatable bonds is 7. The fourth-order valence-electron chi connectivity index (χ4n) is 2.15. The van der Waals surface area contributed by atoms with Crippen molar-refractivity contribution in [2.24, 2.45) is 0 Å². The third-order valence-electron chi connectivity index (χ3n) is 3.28. The van der Waals surface area contributed by atoms with Gasteiger partial charge in [-0.2, -0.15) is 0 Å². The number of ether oxygens (including phenoxy) is 2. The van der Waals surface area contributed by atoms with Gasteiger partial charge >= 0.3 is 0 Å². The topological polar surface area (TPSA) is 38.8 Å². The van der Waals surface area contributed by atoms with Crippen molar-refractivity contribution in [1.82, 2.24) is 4.90 Å². The number of nitrogens with zero attached hydrogens (tertiary/aromatic N) is 1. The Morgan fingerprint density at radius 3 is 2.70 bits per heavy atom. The van der Waals surface area contributed by atoms with Gasteiger partial charge in [-0.3, -0.25) is 9.69 Å². The van der Waals surface area contributed by atoms with Crippen molar-refractivity contribution < 1.29 is 14.3 Å². The summed E-state index contributed by atoms with van der Waals surface area (Å²) in [7, 11) is 0. The molecule has 1 aromatic rings. The van der Waals surface area contributed by atoms with Crippen LogP contribution in [0.3, 0.4) is 0 Å². The first-order chi connectivity index (χ1) is 9.40. The van der Waals surface area contributed by atoms with E-state index in [2.05, 4.69) is 4.90 Å². The van der Waals surface area contributed by atoms with E-state index in [1.807, 2.05) is 18.2 Å². The molecule has 4 nitrogen and oxygen atoms in total. The first kappa shape index (κ1) is 17.0. The fourth-order valence-corrected chi connectivity index (χ4v) is 2.15. The summed E-state index contributed by atoms with van der Waals surface area (Å²) in [6.07, 6.45) is 2.96. The number of carbonyl (C=O) groups is 1. The number of carbonyl (C=O) groups excluding carboxylic acids is 1. The molecular formula is C15H22ClNO3. The maximum Gasteiger partial charge on any atom is 0.153 e. The molecule has 5 heteroatoms. The Balaban J connectivity index is 0.00000200. The lowest BCUT2D eigenvalue weighted by molar-refractivity contribution is 0.0368. The second-order valence-electron chi connectivity index (χ2n) is 4.67. The van der Waals surface area contributed by atoms with E-state index in [9.17, 15) is 4.79 Å². The fraction of sp³-hybridized carbons (Fsp3) is 0.533. The van der Waals surface area contributed by atoms with Crippen LogP contribution >= 0.6 is 12.4 Å². The van der Waals surface area contributed by atoms with Crippen LogP contribution in [0.2, 0.25) is 0 Å². The molecule has 0 saturated carbocycles. The first-order valence-electron chi connectivity index (χ1n) is 6.87. The molecule has 1 heterocycles. The summed E-state index contributed by atoms with van der Waals surface area (Å²) < 4.78 is 11.0. The Morgan fingerprint density at radius 1 is 1.20 bits per heavy atom. The van der Waals surface area contributed by atoms with Crippen molar-refractivity contribution in [1.29, 1.82) is 0 Å². The van der Waals surface area contributed by atoms with Crippen LogP contribution in [-0.2, 0) is 4.74 Å². The number of morpholine rings is 1. The van der Waals surface area contributed by atoms with Gasteiger partial charge in [0.15, 0.2) is 6.29 Å². The molecule has 0 N–H and O–H groups in total. The second kappa shape index (κ2) is 9.75. The standard InChI is InChI=1S/C15H21NO3.ClH/c17-13-14-5-1-2-6-15(14)19-10-4-3-7-16-8-11-18-12-9-16;/h1-2,5-6,13H,3-4,7-12H2;1H. The maximum atomic E-state index is 10.8. The number of unbranched alkanes of at least 4 members (excludes halogenated alkanes) is 1. The summed E-state index contributed by atoms with van der Waals surface area (Å²) in [6.45, 7) is 5.54. The number of aldehydes is 1. The van der Waals surface area contributed by atoms with E-state index >= 15 is 0 Å². The van der Waals surface area contributed by atoms with E-state index in [0.717, 1.165) is 52.0 Å². The quantitative estimate of drug-likeness (QED) is 0.572. The van der Waals surface area contributed by atoms with Gasteiger partial charge in [0, 0.05) is 13.1 Å². The van der Waals surface area contributed by atoms with E-state index < -0.39 is 0 Å². The molecular weight excluding hydrogens is 278 g/mol. The maximum absolute atomic E-state index is 10.8. The SMILES string of the molecule is Cl.O=Cc1ccccc1OCCCCN1CCOCC1. The average molecular weight is 300 g/mol. The van der Waals surface area contributed by atoms with Crippen LogP contribution in [0.15, 0.2) is 24.3 Å². The predicted molar refractivity (Wildman–Crippen MR) is 81.1 cm³/mol. The van der Waals surface area contributed by atoms with Crippen molar-refractivity contribution >= 4 is 18.7 Å². The second-order valence-corrected chi connectivity index (χ2v) is 4.67. The van der Waals surface area contributed by atoms with Crippen LogP contribution in [0, 0.1) is 0 Å². The zero-order valence-electron chi connectivity index (χ0n) is 11.6. The number of para-hydroxylation sites is 1. The lowest BCUT2D eigenvalue weighted by Gasteiger charge is -2.26. The zero-order chi connectivity index (χ0) is 13.3. The molecule has 0 atom stereocenters. The van der Waals surface area contributed by atoms with Crippen LogP contribution in [0.4, 0.5) is 0 Å². The summed E-state index contributed by atoms with van der Waals surface area (Å²) >= 11 is 0. The van der Waals surface area contributed by atoms with Crippen LogP contribution in [0.25, 0.3) is 0 Å². The van der Waals surface area contributed by atoms with Gasteiger partial charge in [0.25, 0.3) is 0 Å². The molecule has 2 rings (SSSR count). The summed E-state index contributed by atoms with van der Waals surface area (Å²) in [5.74, 6) is 0.684. The van der Waals surface area contributed by atoms with Crippen molar-refractivity contribution in [3.8, 4) is 5.75 Å². The normalized spacial score (nSPS) is 15.4. The lowest BCUT2D eigenvalue weighted by atomic mass is 10.2. The highest BCUT2D eigenvalue weighted by molar-refractivity contribution is 5.85. The van der Waals surface area contributed by atoms with Crippen molar-refractivity contribution in [2.75, 3.05) is 39.5 Å². The summed E-state index contributed by atoms with van der Waals surface area (Å²) in [6, 6.07) is 7.34. The molecule has 0 radical (unpaired) electrons. The van der Waals surface area contributed by atoms with Gasteiger partial charge in [-0.1, -0.05) is 12.1 Å². The summed E-state index contributed by atoms with van der Waals surface area (Å²) in [5, 5.41) is 0. The van der Waals surface area contributed by atoms with Crippen LogP contribution < -0.4 is 4.74 Å². The molecule has 1 aliphatic rings. The predicted octanol–water partition coefficient (Wildman–Crippen LogP) is 2.41. The Labute approximate surface area is 126 Å². The van der Waals surface area contributed by atoms with E-state index in [1.54, 1.807) is 6.07 Å². The molecule has 0 aromatic heterocycles. The van der Waals surface area contributed by atoms with Crippen LogP contribution in [0.5, 0.6) is 5.75 Å². The molecule has 0 amide bonds. The van der Waals surface area contributed by atoms with Gasteiger partial charge in [0.1, 0.15) is 5.75 Å². The highest BCUT2D eigenvalue weighted by Gasteiger charge is 2.09. The number of halogens is 1. The molecule has 1 aromatic carbocycles. The molecule has 1 fully saturated rings. The highest BCUT2D eigenvalue weighted by Crippen LogP contribution is 2.15. The minimum atomic E-state index is 0. The number of hydrogen-bond donors (Lipinski definition) is 0. The zero-order valence-corrected chi connectivity index (χ0v) is 12.4. The lowest BCUT2D eigenvalue weighted by Crippen LogP contribution is -2.36. The van der Waals surface area contributed by atoms with Gasteiger partial charge in [-0.25, -0.2) is 0 Å². The molecule has 1 saturated heterocycles. The third-order valence-corrected chi connectivity index (χ3v) is 3.28. The minimum Gasteiger partial charge on any atom is -0.493 e. The molecule has 1 aliphatic heterocycles. The summed E-state index contributed by atoms with van der Waals surface area (Å²) in [4.78, 5) is 13.2. The van der Waals surface area contributed by atoms with Crippen molar-refractivity contribution in [3.05, 3.63) is 29.8 Å². The van der Waals surface area contributed by atoms with Gasteiger partial charge in [0.2, 0.25) is 0 Å². The largest absolute Gasteiger partial charge is 0.493 e. The molecule has 0 spiro atoms. The first-order valence-corrected chi connectivity index (χ1v) is 6.87. The van der Waals surface area contributed by atoms with Gasteiger partial charge < -0.3 is 9.47 Å². The van der Waals surface area contributed by atoms with E-state index in [-0.39, 0.29) is 12.4 Å². The van der Waals surface area contributed by atoms with Crippen molar-refractivity contribution in [3.63, 3.8) is 0 Å². The highest BCUT2D eigenvalue weighted by atomic mass is 35.5. The molecule has 112 valence electrons. The monoisotopic (exact) mass is 299 g/mol. The Kier molecular flexibility index (Phi) is 8.26. The van der Waals surface area contributed by atoms with E-state index in [0.29, 0.717) is 17.9 Å². The van der Waals surface area contributed by atoms with Crippen LogP contribution in [0.1, 0.15) is 23.2 Å². The van der Waals surface area contributed by atoms with E-state index in [4.69, 9.17) is 9.47 Å². The van der Waals surface area contributed by atoms with Gasteiger partial charge in [-0.05, 0) is 31.5 Å².